The van der Waals surface area contributed by atoms with Crippen LogP contribution in [0.15, 0.2) is 0 Å². The van der Waals surface area contributed by atoms with Crippen molar-refractivity contribution in [1.82, 2.24) is 15.1 Å². The van der Waals surface area contributed by atoms with Gasteiger partial charge in [0.1, 0.15) is 0 Å². The van der Waals surface area contributed by atoms with Gasteiger partial charge in [-0.2, -0.15) is 12.6 Å². The lowest BCUT2D eigenvalue weighted by Crippen LogP contribution is -2.42. The van der Waals surface area contributed by atoms with Crippen LogP contribution in [0.4, 0.5) is 4.79 Å². The molecular formula is C11H23N3O2S. The van der Waals surface area contributed by atoms with Crippen molar-refractivity contribution in [3.63, 3.8) is 0 Å². The van der Waals surface area contributed by atoms with Gasteiger partial charge in [-0.15, -0.1) is 0 Å². The van der Waals surface area contributed by atoms with Gasteiger partial charge >= 0.3 is 6.03 Å². The Kier molecular flexibility index (Phi) is 8.66. The average molecular weight is 261 g/mol. The number of rotatable bonds is 7. The second-order valence-electron chi connectivity index (χ2n) is 3.90. The molecule has 1 N–H and O–H groups in total. The largest absolute Gasteiger partial charge is 0.344 e. The lowest BCUT2D eigenvalue weighted by atomic mass is 10.4. The number of thiol groups is 1. The molecule has 0 aromatic carbocycles. The summed E-state index contributed by atoms with van der Waals surface area (Å²) in [7, 11) is 3.47. The monoisotopic (exact) mass is 261 g/mol. The number of amides is 3. The van der Waals surface area contributed by atoms with Crippen molar-refractivity contribution < 1.29 is 9.59 Å². The fourth-order valence-electron chi connectivity index (χ4n) is 1.21. The molecule has 0 atom stereocenters. The molecule has 0 spiro atoms. The van der Waals surface area contributed by atoms with Gasteiger partial charge in [0.25, 0.3) is 0 Å². The molecule has 0 heterocycles. The summed E-state index contributed by atoms with van der Waals surface area (Å²) >= 11 is 4.07. The summed E-state index contributed by atoms with van der Waals surface area (Å²) in [5, 5.41) is 2.78. The SMILES string of the molecule is CCC(=O)N(C)CCN(C)C(=O)NCCCS. The Bertz CT molecular complexity index is 249. The van der Waals surface area contributed by atoms with Crippen molar-refractivity contribution in [2.24, 2.45) is 0 Å². The number of likely N-dealkylation sites (N-methyl/N-ethyl adjacent to an activating group) is 2. The fraction of sp³-hybridized carbons (Fsp3) is 0.818. The van der Waals surface area contributed by atoms with Gasteiger partial charge in [-0.1, -0.05) is 6.92 Å². The summed E-state index contributed by atoms with van der Waals surface area (Å²) in [5.41, 5.74) is 0. The smallest absolute Gasteiger partial charge is 0.317 e. The first-order valence-corrected chi connectivity index (χ1v) is 6.50. The Labute approximate surface area is 109 Å². The Morgan fingerprint density at radius 1 is 1.18 bits per heavy atom. The van der Waals surface area contributed by atoms with E-state index in [9.17, 15) is 9.59 Å². The lowest BCUT2D eigenvalue weighted by Gasteiger charge is -2.22. The topological polar surface area (TPSA) is 52.7 Å². The van der Waals surface area contributed by atoms with Gasteiger partial charge in [0.05, 0.1) is 0 Å². The average Bonchev–Trinajstić information content (AvgIpc) is 2.34. The molecule has 0 aliphatic carbocycles. The van der Waals surface area contributed by atoms with E-state index in [1.54, 1.807) is 23.9 Å². The summed E-state index contributed by atoms with van der Waals surface area (Å²) in [6, 6.07) is -0.107. The maximum atomic E-state index is 11.6. The Balaban J connectivity index is 3.80. The molecule has 6 heteroatoms. The highest BCUT2D eigenvalue weighted by atomic mass is 32.1. The lowest BCUT2D eigenvalue weighted by molar-refractivity contribution is -0.129. The quantitative estimate of drug-likeness (QED) is 0.526. The maximum absolute atomic E-state index is 11.6. The summed E-state index contributed by atoms with van der Waals surface area (Å²) in [4.78, 5) is 26.1. The molecule has 0 aromatic heterocycles. The number of hydrogen-bond donors (Lipinski definition) is 2. The summed E-state index contributed by atoms with van der Waals surface area (Å²) in [6.07, 6.45) is 1.35. The van der Waals surface area contributed by atoms with E-state index in [-0.39, 0.29) is 11.9 Å². The number of carbonyl (C=O) groups is 2. The molecule has 0 saturated carbocycles. The van der Waals surface area contributed by atoms with Crippen LogP contribution in [0.25, 0.3) is 0 Å². The highest BCUT2D eigenvalue weighted by Crippen LogP contribution is 1.92. The zero-order valence-electron chi connectivity index (χ0n) is 10.9. The van der Waals surface area contributed by atoms with E-state index in [1.807, 2.05) is 6.92 Å². The maximum Gasteiger partial charge on any atom is 0.317 e. The number of hydrogen-bond acceptors (Lipinski definition) is 3. The minimum absolute atomic E-state index is 0.0916. The first-order valence-electron chi connectivity index (χ1n) is 5.86. The molecule has 0 fully saturated rings. The van der Waals surface area contributed by atoms with E-state index in [4.69, 9.17) is 0 Å². The van der Waals surface area contributed by atoms with Crippen molar-refractivity contribution in [3.8, 4) is 0 Å². The molecule has 17 heavy (non-hydrogen) atoms. The third kappa shape index (κ3) is 7.10. The highest BCUT2D eigenvalue weighted by Gasteiger charge is 2.10. The van der Waals surface area contributed by atoms with Crippen molar-refractivity contribution in [2.45, 2.75) is 19.8 Å². The third-order valence-electron chi connectivity index (χ3n) is 2.46. The predicted octanol–water partition coefficient (Wildman–Crippen LogP) is 0.816. The van der Waals surface area contributed by atoms with Crippen LogP contribution in [0.2, 0.25) is 0 Å². The van der Waals surface area contributed by atoms with Gasteiger partial charge in [-0.3, -0.25) is 4.79 Å². The normalized spacial score (nSPS) is 9.88. The molecule has 0 aliphatic heterocycles. The van der Waals surface area contributed by atoms with Crippen molar-refractivity contribution in [2.75, 3.05) is 39.5 Å². The molecule has 0 bridgehead atoms. The molecule has 0 rings (SSSR count). The number of nitrogens with zero attached hydrogens (tertiary/aromatic N) is 2. The summed E-state index contributed by atoms with van der Waals surface area (Å²) in [5.74, 6) is 0.853. The van der Waals surface area contributed by atoms with Crippen LogP contribution >= 0.6 is 12.6 Å². The summed E-state index contributed by atoms with van der Waals surface area (Å²) < 4.78 is 0. The molecular weight excluding hydrogens is 238 g/mol. The number of nitrogens with one attached hydrogen (secondary N) is 1. The van der Waals surface area contributed by atoms with Crippen LogP contribution in [0.5, 0.6) is 0 Å². The first-order chi connectivity index (χ1) is 8.02. The van der Waals surface area contributed by atoms with Gasteiger partial charge in [-0.25, -0.2) is 4.79 Å². The molecule has 100 valence electrons. The fourth-order valence-corrected chi connectivity index (χ4v) is 1.36. The van der Waals surface area contributed by atoms with E-state index < -0.39 is 0 Å². The molecule has 0 aromatic rings. The van der Waals surface area contributed by atoms with E-state index in [0.717, 1.165) is 12.2 Å². The van der Waals surface area contributed by atoms with Crippen LogP contribution in [0.3, 0.4) is 0 Å². The predicted molar refractivity (Wildman–Crippen MR) is 72.4 cm³/mol. The highest BCUT2D eigenvalue weighted by molar-refractivity contribution is 7.80. The minimum Gasteiger partial charge on any atom is -0.344 e. The van der Waals surface area contributed by atoms with Crippen LogP contribution in [0, 0.1) is 0 Å². The number of urea groups is 1. The minimum atomic E-state index is -0.107. The van der Waals surface area contributed by atoms with Gasteiger partial charge < -0.3 is 15.1 Å². The van der Waals surface area contributed by atoms with E-state index in [2.05, 4.69) is 17.9 Å². The molecule has 5 nitrogen and oxygen atoms in total. The van der Waals surface area contributed by atoms with Crippen LogP contribution < -0.4 is 5.32 Å². The number of carbonyl (C=O) groups excluding carboxylic acids is 2. The van der Waals surface area contributed by atoms with Gasteiger partial charge in [-0.05, 0) is 12.2 Å². The standard InChI is InChI=1S/C11H23N3O2S/c1-4-10(15)13(2)7-8-14(3)11(16)12-6-5-9-17/h17H,4-9H2,1-3H3,(H,12,16). The second-order valence-corrected chi connectivity index (χ2v) is 4.35. The molecule has 0 radical (unpaired) electrons. The zero-order chi connectivity index (χ0) is 13.3. The molecule has 0 saturated heterocycles. The van der Waals surface area contributed by atoms with Crippen molar-refractivity contribution in [1.29, 1.82) is 0 Å². The van der Waals surface area contributed by atoms with Gasteiger partial charge in [0.2, 0.25) is 5.91 Å². The third-order valence-corrected chi connectivity index (χ3v) is 2.77. The first kappa shape index (κ1) is 16.1. The molecule has 3 amide bonds. The van der Waals surface area contributed by atoms with Crippen LogP contribution in [-0.4, -0.2) is 61.2 Å². The van der Waals surface area contributed by atoms with E-state index in [1.165, 1.54) is 0 Å². The van der Waals surface area contributed by atoms with E-state index in [0.29, 0.717) is 26.1 Å². The Morgan fingerprint density at radius 2 is 1.76 bits per heavy atom. The van der Waals surface area contributed by atoms with Gasteiger partial charge in [0.15, 0.2) is 0 Å². The summed E-state index contributed by atoms with van der Waals surface area (Å²) in [6.45, 7) is 3.56. The molecule has 0 unspecified atom stereocenters. The Hall–Kier alpha value is -0.910. The van der Waals surface area contributed by atoms with E-state index >= 15 is 0 Å². The van der Waals surface area contributed by atoms with Crippen molar-refractivity contribution >= 4 is 24.6 Å². The zero-order valence-corrected chi connectivity index (χ0v) is 11.8. The van der Waals surface area contributed by atoms with Crippen LogP contribution in [0.1, 0.15) is 19.8 Å². The Morgan fingerprint density at radius 3 is 2.29 bits per heavy atom. The molecule has 0 aliphatic rings. The van der Waals surface area contributed by atoms with Gasteiger partial charge in [0, 0.05) is 40.2 Å². The van der Waals surface area contributed by atoms with Crippen molar-refractivity contribution in [3.05, 3.63) is 0 Å². The van der Waals surface area contributed by atoms with Crippen LogP contribution in [-0.2, 0) is 4.79 Å². The second kappa shape index (κ2) is 9.15.